The minimum absolute atomic E-state index is 0.0228. The van der Waals surface area contributed by atoms with E-state index in [4.69, 9.17) is 9.47 Å². The van der Waals surface area contributed by atoms with Gasteiger partial charge in [0.25, 0.3) is 5.91 Å². The number of hydrogen-bond acceptors (Lipinski definition) is 5. The Balaban J connectivity index is 1.66. The molecule has 0 radical (unpaired) electrons. The molecule has 3 N–H and O–H groups in total. The summed E-state index contributed by atoms with van der Waals surface area (Å²) >= 11 is 0. The molecule has 0 fully saturated rings. The van der Waals surface area contributed by atoms with E-state index in [1.807, 2.05) is 13.0 Å². The van der Waals surface area contributed by atoms with Crippen LogP contribution in [0.1, 0.15) is 26.7 Å². The van der Waals surface area contributed by atoms with Gasteiger partial charge in [0.15, 0.2) is 6.10 Å². The van der Waals surface area contributed by atoms with Gasteiger partial charge in [0, 0.05) is 18.5 Å². The van der Waals surface area contributed by atoms with Crippen molar-refractivity contribution in [2.45, 2.75) is 32.8 Å². The van der Waals surface area contributed by atoms with Crippen LogP contribution in [-0.4, -0.2) is 30.4 Å². The fraction of sp³-hybridized carbons (Fsp3) is 0.286. The van der Waals surface area contributed by atoms with E-state index in [0.29, 0.717) is 23.8 Å². The predicted octanol–water partition coefficient (Wildman–Crippen LogP) is 2.42. The number of amides is 3. The predicted molar refractivity (Wildman–Crippen MR) is 108 cm³/mol. The minimum atomic E-state index is -0.791. The summed E-state index contributed by atoms with van der Waals surface area (Å²) in [4.78, 5) is 35.8. The van der Waals surface area contributed by atoms with Crippen molar-refractivity contribution in [3.05, 3.63) is 54.6 Å². The molecule has 0 aromatic heterocycles. The van der Waals surface area contributed by atoms with Crippen LogP contribution in [0.4, 0.5) is 5.69 Å². The molecule has 0 saturated carbocycles. The number of anilines is 1. The third-order valence-corrected chi connectivity index (χ3v) is 3.78. The molecule has 29 heavy (non-hydrogen) atoms. The number of rotatable bonds is 9. The fourth-order valence-corrected chi connectivity index (χ4v) is 2.30. The lowest BCUT2D eigenvalue weighted by molar-refractivity contribution is -0.133. The van der Waals surface area contributed by atoms with Crippen molar-refractivity contribution in [1.82, 2.24) is 10.9 Å². The van der Waals surface area contributed by atoms with E-state index in [1.165, 1.54) is 0 Å². The number of carbonyl (C=O) groups is 3. The molecule has 8 nitrogen and oxygen atoms in total. The van der Waals surface area contributed by atoms with Crippen LogP contribution in [0.25, 0.3) is 0 Å². The zero-order valence-corrected chi connectivity index (χ0v) is 16.4. The van der Waals surface area contributed by atoms with Crippen molar-refractivity contribution < 1.29 is 23.9 Å². The Morgan fingerprint density at radius 1 is 0.862 bits per heavy atom. The first-order valence-corrected chi connectivity index (χ1v) is 9.31. The average Bonchev–Trinajstić information content (AvgIpc) is 2.72. The molecule has 1 atom stereocenters. The van der Waals surface area contributed by atoms with Crippen molar-refractivity contribution in [2.75, 3.05) is 11.9 Å². The highest BCUT2D eigenvalue weighted by Gasteiger charge is 2.15. The largest absolute Gasteiger partial charge is 0.494 e. The summed E-state index contributed by atoms with van der Waals surface area (Å²) in [5.74, 6) is -0.0249. The molecular formula is C21H25N3O5. The van der Waals surface area contributed by atoms with E-state index in [1.54, 1.807) is 55.5 Å². The van der Waals surface area contributed by atoms with Gasteiger partial charge in [0.05, 0.1) is 6.61 Å². The van der Waals surface area contributed by atoms with Gasteiger partial charge in [-0.3, -0.25) is 25.2 Å². The van der Waals surface area contributed by atoms with Gasteiger partial charge in [-0.2, -0.15) is 0 Å². The normalized spacial score (nSPS) is 11.1. The summed E-state index contributed by atoms with van der Waals surface area (Å²) in [7, 11) is 0. The highest BCUT2D eigenvalue weighted by Crippen LogP contribution is 2.16. The van der Waals surface area contributed by atoms with Crippen LogP contribution in [0.3, 0.4) is 0 Å². The van der Waals surface area contributed by atoms with E-state index in [0.717, 1.165) is 0 Å². The van der Waals surface area contributed by atoms with Crippen LogP contribution >= 0.6 is 0 Å². The quantitative estimate of drug-likeness (QED) is 0.562. The van der Waals surface area contributed by atoms with Crippen LogP contribution in [-0.2, 0) is 14.4 Å². The van der Waals surface area contributed by atoms with Gasteiger partial charge in [0.1, 0.15) is 11.5 Å². The molecule has 2 aromatic rings. The van der Waals surface area contributed by atoms with Crippen LogP contribution < -0.4 is 25.6 Å². The molecule has 1 unspecified atom stereocenters. The number of hydrogen-bond donors (Lipinski definition) is 3. The van der Waals surface area contributed by atoms with Crippen molar-refractivity contribution in [2.24, 2.45) is 0 Å². The Bertz CT molecular complexity index is 809. The Labute approximate surface area is 169 Å². The van der Waals surface area contributed by atoms with Crippen molar-refractivity contribution in [3.8, 4) is 11.5 Å². The average molecular weight is 399 g/mol. The zero-order valence-electron chi connectivity index (χ0n) is 16.4. The molecule has 8 heteroatoms. The summed E-state index contributed by atoms with van der Waals surface area (Å²) in [5, 5.41) is 2.70. The third-order valence-electron chi connectivity index (χ3n) is 3.78. The summed E-state index contributed by atoms with van der Waals surface area (Å²) in [5.41, 5.74) is 5.17. The number of hydrazine groups is 1. The fourth-order valence-electron chi connectivity index (χ4n) is 2.30. The molecule has 0 aliphatic carbocycles. The monoisotopic (exact) mass is 399 g/mol. The van der Waals surface area contributed by atoms with Crippen molar-refractivity contribution in [3.63, 3.8) is 0 Å². The van der Waals surface area contributed by atoms with Gasteiger partial charge in [-0.25, -0.2) is 0 Å². The van der Waals surface area contributed by atoms with E-state index >= 15 is 0 Å². The number of carbonyl (C=O) groups excluding carboxylic acids is 3. The third kappa shape index (κ3) is 7.92. The lowest BCUT2D eigenvalue weighted by Gasteiger charge is -2.15. The molecule has 154 valence electrons. The van der Waals surface area contributed by atoms with Crippen molar-refractivity contribution in [1.29, 1.82) is 0 Å². The first kappa shape index (κ1) is 21.7. The van der Waals surface area contributed by atoms with Crippen LogP contribution in [0, 0.1) is 0 Å². The number of para-hydroxylation sites is 1. The molecule has 0 saturated heterocycles. The Morgan fingerprint density at radius 2 is 1.52 bits per heavy atom. The Hall–Kier alpha value is -3.55. The zero-order chi connectivity index (χ0) is 21.1. The van der Waals surface area contributed by atoms with Crippen molar-refractivity contribution >= 4 is 23.4 Å². The first-order valence-electron chi connectivity index (χ1n) is 9.31. The Morgan fingerprint density at radius 3 is 2.17 bits per heavy atom. The molecule has 0 bridgehead atoms. The standard InChI is InChI=1S/C21H25N3O5/c1-3-28-17-11-9-16(10-12-17)22-19(25)13-14-20(26)23-24-21(27)15(2)29-18-7-5-4-6-8-18/h4-12,15H,3,13-14H2,1-2H3,(H,22,25)(H,23,26)(H,24,27). The summed E-state index contributed by atoms with van der Waals surface area (Å²) in [6, 6.07) is 15.8. The topological polar surface area (TPSA) is 106 Å². The van der Waals surface area contributed by atoms with Crippen LogP contribution in [0.15, 0.2) is 54.6 Å². The van der Waals surface area contributed by atoms with E-state index in [2.05, 4.69) is 16.2 Å². The van der Waals surface area contributed by atoms with E-state index in [-0.39, 0.29) is 18.7 Å². The molecular weight excluding hydrogens is 374 g/mol. The minimum Gasteiger partial charge on any atom is -0.494 e. The number of ether oxygens (including phenoxy) is 2. The highest BCUT2D eigenvalue weighted by molar-refractivity contribution is 5.93. The molecule has 3 amide bonds. The lowest BCUT2D eigenvalue weighted by Crippen LogP contribution is -2.47. The maximum atomic E-state index is 12.0. The second-order valence-electron chi connectivity index (χ2n) is 6.12. The second-order valence-corrected chi connectivity index (χ2v) is 6.12. The molecule has 0 aliphatic heterocycles. The van der Waals surface area contributed by atoms with Gasteiger partial charge >= 0.3 is 0 Å². The van der Waals surface area contributed by atoms with E-state index < -0.39 is 17.9 Å². The van der Waals surface area contributed by atoms with Gasteiger partial charge in [-0.15, -0.1) is 0 Å². The van der Waals surface area contributed by atoms with Crippen LogP contribution in [0.5, 0.6) is 11.5 Å². The molecule has 0 aliphatic rings. The SMILES string of the molecule is CCOc1ccc(NC(=O)CCC(=O)NNC(=O)C(C)Oc2ccccc2)cc1. The molecule has 0 spiro atoms. The summed E-state index contributed by atoms with van der Waals surface area (Å²) in [6.07, 6.45) is -0.886. The van der Waals surface area contributed by atoms with E-state index in [9.17, 15) is 14.4 Å². The molecule has 2 rings (SSSR count). The van der Waals surface area contributed by atoms with Gasteiger partial charge in [-0.05, 0) is 50.2 Å². The Kier molecular flexibility index (Phi) is 8.50. The van der Waals surface area contributed by atoms with Gasteiger partial charge in [0.2, 0.25) is 11.8 Å². The summed E-state index contributed by atoms with van der Waals surface area (Å²) in [6.45, 7) is 4.02. The lowest BCUT2D eigenvalue weighted by atomic mass is 10.2. The maximum absolute atomic E-state index is 12.0. The summed E-state index contributed by atoms with van der Waals surface area (Å²) < 4.78 is 10.8. The first-order chi connectivity index (χ1) is 14.0. The van der Waals surface area contributed by atoms with Gasteiger partial charge in [-0.1, -0.05) is 18.2 Å². The molecule has 2 aromatic carbocycles. The van der Waals surface area contributed by atoms with Gasteiger partial charge < -0.3 is 14.8 Å². The molecule has 0 heterocycles. The smallest absolute Gasteiger partial charge is 0.279 e. The number of nitrogens with one attached hydrogen (secondary N) is 3. The number of benzene rings is 2. The van der Waals surface area contributed by atoms with Crippen LogP contribution in [0.2, 0.25) is 0 Å². The maximum Gasteiger partial charge on any atom is 0.279 e. The highest BCUT2D eigenvalue weighted by atomic mass is 16.5. The second kappa shape index (κ2) is 11.3.